The third kappa shape index (κ3) is 3.69. The van der Waals surface area contributed by atoms with Crippen molar-refractivity contribution in [3.63, 3.8) is 0 Å². The molecule has 0 spiro atoms. The van der Waals surface area contributed by atoms with Crippen molar-refractivity contribution >= 4 is 6.41 Å². The molecule has 0 radical (unpaired) electrons. The SMILES string of the molecule is O=CNCCCc1ccc(F)cc1. The predicted octanol–water partition coefficient (Wildman–Crippen LogP) is 1.50. The number of carbonyl (C=O) groups is 1. The van der Waals surface area contributed by atoms with Gasteiger partial charge in [0.15, 0.2) is 0 Å². The maximum atomic E-state index is 12.5. The molecule has 0 aliphatic heterocycles. The van der Waals surface area contributed by atoms with Crippen LogP contribution in [0.25, 0.3) is 0 Å². The van der Waals surface area contributed by atoms with Crippen molar-refractivity contribution in [1.82, 2.24) is 5.32 Å². The van der Waals surface area contributed by atoms with Crippen LogP contribution < -0.4 is 5.32 Å². The Morgan fingerprint density at radius 3 is 2.62 bits per heavy atom. The first-order valence-corrected chi connectivity index (χ1v) is 4.24. The Balaban J connectivity index is 2.28. The van der Waals surface area contributed by atoms with Gasteiger partial charge in [-0.05, 0) is 30.5 Å². The molecule has 1 N–H and O–H groups in total. The highest BCUT2D eigenvalue weighted by Gasteiger charge is 1.93. The highest BCUT2D eigenvalue weighted by Crippen LogP contribution is 2.04. The van der Waals surface area contributed by atoms with Crippen LogP contribution >= 0.6 is 0 Å². The lowest BCUT2D eigenvalue weighted by Gasteiger charge is -2.00. The second-order valence-electron chi connectivity index (χ2n) is 2.80. The molecule has 0 aromatic heterocycles. The minimum atomic E-state index is -0.213. The van der Waals surface area contributed by atoms with Gasteiger partial charge in [0.1, 0.15) is 5.82 Å². The Hall–Kier alpha value is -1.38. The highest BCUT2D eigenvalue weighted by molar-refractivity contribution is 5.45. The van der Waals surface area contributed by atoms with Crippen LogP contribution in [-0.2, 0) is 11.2 Å². The van der Waals surface area contributed by atoms with Gasteiger partial charge in [-0.15, -0.1) is 0 Å². The van der Waals surface area contributed by atoms with Crippen molar-refractivity contribution in [1.29, 1.82) is 0 Å². The summed E-state index contributed by atoms with van der Waals surface area (Å²) in [6.07, 6.45) is 2.43. The number of benzene rings is 1. The average molecular weight is 181 g/mol. The standard InChI is InChI=1S/C10H12FNO/c11-10-5-3-9(4-6-10)2-1-7-12-8-13/h3-6,8H,1-2,7H2,(H,12,13). The van der Waals surface area contributed by atoms with E-state index in [1.807, 2.05) is 0 Å². The first-order valence-electron chi connectivity index (χ1n) is 4.24. The van der Waals surface area contributed by atoms with Gasteiger partial charge in [0.25, 0.3) is 0 Å². The number of aryl methyl sites for hydroxylation is 1. The van der Waals surface area contributed by atoms with Gasteiger partial charge in [-0.2, -0.15) is 0 Å². The molecule has 2 nitrogen and oxygen atoms in total. The van der Waals surface area contributed by atoms with E-state index in [0.29, 0.717) is 13.0 Å². The summed E-state index contributed by atoms with van der Waals surface area (Å²) in [5.41, 5.74) is 1.09. The predicted molar refractivity (Wildman–Crippen MR) is 48.8 cm³/mol. The zero-order valence-corrected chi connectivity index (χ0v) is 7.29. The number of halogens is 1. The Bertz CT molecular complexity index is 258. The van der Waals surface area contributed by atoms with Gasteiger partial charge in [0.05, 0.1) is 0 Å². The third-order valence-electron chi connectivity index (χ3n) is 1.78. The Kier molecular flexibility index (Phi) is 3.96. The van der Waals surface area contributed by atoms with E-state index in [4.69, 9.17) is 0 Å². The maximum absolute atomic E-state index is 12.5. The van der Waals surface area contributed by atoms with E-state index in [-0.39, 0.29) is 5.82 Å². The molecule has 1 aromatic rings. The molecule has 1 aromatic carbocycles. The van der Waals surface area contributed by atoms with Crippen molar-refractivity contribution in [3.8, 4) is 0 Å². The molecule has 0 aliphatic carbocycles. The molecule has 0 unspecified atom stereocenters. The van der Waals surface area contributed by atoms with Crippen molar-refractivity contribution in [2.75, 3.05) is 6.54 Å². The van der Waals surface area contributed by atoms with Crippen molar-refractivity contribution in [2.24, 2.45) is 0 Å². The minimum absolute atomic E-state index is 0.213. The summed E-state index contributed by atoms with van der Waals surface area (Å²) in [4.78, 5) is 9.90. The largest absolute Gasteiger partial charge is 0.359 e. The van der Waals surface area contributed by atoms with E-state index in [2.05, 4.69) is 5.32 Å². The number of hydrogen-bond donors (Lipinski definition) is 1. The molecular weight excluding hydrogens is 169 g/mol. The number of hydrogen-bond acceptors (Lipinski definition) is 1. The van der Waals surface area contributed by atoms with Crippen LogP contribution in [0.4, 0.5) is 4.39 Å². The third-order valence-corrected chi connectivity index (χ3v) is 1.78. The van der Waals surface area contributed by atoms with Crippen LogP contribution in [0.3, 0.4) is 0 Å². The maximum Gasteiger partial charge on any atom is 0.207 e. The lowest BCUT2D eigenvalue weighted by atomic mass is 10.1. The van der Waals surface area contributed by atoms with Crippen LogP contribution in [0.5, 0.6) is 0 Å². The summed E-state index contributed by atoms with van der Waals surface area (Å²) < 4.78 is 12.5. The zero-order valence-electron chi connectivity index (χ0n) is 7.29. The fourth-order valence-corrected chi connectivity index (χ4v) is 1.10. The summed E-state index contributed by atoms with van der Waals surface area (Å²) >= 11 is 0. The minimum Gasteiger partial charge on any atom is -0.359 e. The average Bonchev–Trinajstić information content (AvgIpc) is 2.15. The summed E-state index contributed by atoms with van der Waals surface area (Å²) in [6, 6.07) is 6.41. The topological polar surface area (TPSA) is 29.1 Å². The number of nitrogens with one attached hydrogen (secondary N) is 1. The van der Waals surface area contributed by atoms with Crippen LogP contribution in [0.15, 0.2) is 24.3 Å². The van der Waals surface area contributed by atoms with Gasteiger partial charge >= 0.3 is 0 Å². The summed E-state index contributed by atoms with van der Waals surface area (Å²) in [5, 5.41) is 2.58. The number of amides is 1. The molecular formula is C10H12FNO. The summed E-state index contributed by atoms with van der Waals surface area (Å²) in [7, 11) is 0. The van der Waals surface area contributed by atoms with Crippen molar-refractivity contribution < 1.29 is 9.18 Å². The summed E-state index contributed by atoms with van der Waals surface area (Å²) in [6.45, 7) is 0.668. The van der Waals surface area contributed by atoms with Crippen LogP contribution in [-0.4, -0.2) is 13.0 Å². The van der Waals surface area contributed by atoms with E-state index < -0.39 is 0 Å². The molecule has 0 saturated carbocycles. The Morgan fingerprint density at radius 2 is 2.00 bits per heavy atom. The zero-order chi connectivity index (χ0) is 9.52. The molecule has 3 heteroatoms. The van der Waals surface area contributed by atoms with E-state index in [1.54, 1.807) is 12.1 Å². The second-order valence-corrected chi connectivity index (χ2v) is 2.80. The molecule has 0 heterocycles. The molecule has 0 saturated heterocycles. The Labute approximate surface area is 76.8 Å². The van der Waals surface area contributed by atoms with Gasteiger partial charge in [-0.3, -0.25) is 4.79 Å². The molecule has 1 rings (SSSR count). The molecule has 0 atom stereocenters. The normalized spacial score (nSPS) is 9.62. The first kappa shape index (κ1) is 9.71. The smallest absolute Gasteiger partial charge is 0.207 e. The van der Waals surface area contributed by atoms with E-state index >= 15 is 0 Å². The second kappa shape index (κ2) is 5.30. The van der Waals surface area contributed by atoms with Gasteiger partial charge in [-0.1, -0.05) is 12.1 Å². The van der Waals surface area contributed by atoms with E-state index in [0.717, 1.165) is 18.4 Å². The van der Waals surface area contributed by atoms with E-state index in [9.17, 15) is 9.18 Å². The monoisotopic (exact) mass is 181 g/mol. The first-order chi connectivity index (χ1) is 6.33. The fourth-order valence-electron chi connectivity index (χ4n) is 1.10. The van der Waals surface area contributed by atoms with Crippen LogP contribution in [0, 0.1) is 5.82 Å². The van der Waals surface area contributed by atoms with Gasteiger partial charge in [0, 0.05) is 6.54 Å². The van der Waals surface area contributed by atoms with E-state index in [1.165, 1.54) is 12.1 Å². The molecule has 0 bridgehead atoms. The van der Waals surface area contributed by atoms with Gasteiger partial charge in [0.2, 0.25) is 6.41 Å². The van der Waals surface area contributed by atoms with Crippen LogP contribution in [0.1, 0.15) is 12.0 Å². The number of carbonyl (C=O) groups excluding carboxylic acids is 1. The lowest BCUT2D eigenvalue weighted by molar-refractivity contribution is -0.109. The highest BCUT2D eigenvalue weighted by atomic mass is 19.1. The van der Waals surface area contributed by atoms with Crippen molar-refractivity contribution in [2.45, 2.75) is 12.8 Å². The van der Waals surface area contributed by atoms with Gasteiger partial charge < -0.3 is 5.32 Å². The summed E-state index contributed by atoms with van der Waals surface area (Å²) in [5.74, 6) is -0.213. The quantitative estimate of drug-likeness (QED) is 0.541. The molecule has 1 amide bonds. The molecule has 70 valence electrons. The fraction of sp³-hybridized carbons (Fsp3) is 0.300. The molecule has 13 heavy (non-hydrogen) atoms. The lowest BCUT2D eigenvalue weighted by Crippen LogP contribution is -2.12. The van der Waals surface area contributed by atoms with Crippen LogP contribution in [0.2, 0.25) is 0 Å². The Morgan fingerprint density at radius 1 is 1.31 bits per heavy atom. The number of rotatable bonds is 5. The van der Waals surface area contributed by atoms with Crippen molar-refractivity contribution in [3.05, 3.63) is 35.6 Å². The molecule has 0 fully saturated rings. The van der Waals surface area contributed by atoms with Gasteiger partial charge in [-0.25, -0.2) is 4.39 Å². The molecule has 0 aliphatic rings.